The molecule has 8 atom stereocenters. The minimum atomic E-state index is -1.31. The highest BCUT2D eigenvalue weighted by Crippen LogP contribution is 2.37. The molecule has 2 aliphatic rings. The van der Waals surface area contributed by atoms with Gasteiger partial charge in [0.25, 0.3) is 0 Å². The normalized spacial score (nSPS) is 24.4. The van der Waals surface area contributed by atoms with Gasteiger partial charge in [-0.15, -0.1) is 0 Å². The monoisotopic (exact) mass is 784 g/mol. The van der Waals surface area contributed by atoms with E-state index in [2.05, 4.69) is 25.3 Å². The molecule has 1 N–H and O–H groups in total. The molecule has 0 aromatic carbocycles. The van der Waals surface area contributed by atoms with Gasteiger partial charge in [-0.05, 0) is 6.07 Å². The lowest BCUT2D eigenvalue weighted by molar-refractivity contribution is -0.166. The Morgan fingerprint density at radius 2 is 1.16 bits per heavy atom. The third-order valence-corrected chi connectivity index (χ3v) is 8.33. The molecule has 4 aromatic heterocycles. The van der Waals surface area contributed by atoms with Gasteiger partial charge in [-0.1, -0.05) is 0 Å². The predicted molar refractivity (Wildman–Crippen MR) is 181 cm³/mol. The highest BCUT2D eigenvalue weighted by molar-refractivity contribution is 5.86. The molecule has 0 aliphatic carbocycles. The molecule has 0 radical (unpaired) electrons. The maximum atomic E-state index is 13.4. The maximum absolute atomic E-state index is 13.4. The van der Waals surface area contributed by atoms with Gasteiger partial charge >= 0.3 is 41.5 Å². The van der Waals surface area contributed by atoms with Crippen LogP contribution in [0.5, 0.6) is 0 Å². The molecule has 0 spiro atoms. The number of anilines is 2. The second-order valence-electron chi connectivity index (χ2n) is 12.6. The van der Waals surface area contributed by atoms with E-state index in [0.29, 0.717) is 5.65 Å². The van der Waals surface area contributed by atoms with Crippen LogP contribution in [0.1, 0.15) is 54.0 Å². The molecule has 0 bridgehead atoms. The topological polar surface area (TPSA) is 271 Å². The van der Waals surface area contributed by atoms with Crippen LogP contribution in [0.3, 0.4) is 0 Å². The summed E-state index contributed by atoms with van der Waals surface area (Å²) in [5, 5.41) is 2.94. The van der Waals surface area contributed by atoms with Gasteiger partial charge in [0.2, 0.25) is 0 Å². The molecular weight excluding hydrogens is 748 g/mol. The number of aromatic nitrogens is 7. The summed E-state index contributed by atoms with van der Waals surface area (Å²) in [4.78, 5) is 102. The third kappa shape index (κ3) is 8.42. The zero-order valence-electron chi connectivity index (χ0n) is 30.7. The number of esters is 6. The van der Waals surface area contributed by atoms with E-state index in [1.807, 2.05) is 0 Å². The standard InChI is InChI=1S/C33H36N8O15/c1-14(42)49-10-20-25(51-16(3)44)27(53-18(5)46)31(55-20)40-8-7-22(38-33(40)48)36-23-9-39-12-35-29-24(30(39)37-23)34-13-41(29)32-28(54-19(6)47)26(52-17(4)45)21(56-32)11-50-15(2)43/h7-9,12-13,20-21,25-28,31-32H,10-11H2,1-6H3,(H,36,38,48)/t20-,21-,25-,26-,27-,28-,31-,32-/m1/s1. The molecule has 56 heavy (non-hydrogen) atoms. The van der Waals surface area contributed by atoms with Crippen LogP contribution in [0.2, 0.25) is 0 Å². The van der Waals surface area contributed by atoms with Crippen molar-refractivity contribution in [1.29, 1.82) is 0 Å². The average Bonchev–Trinajstić information content (AvgIpc) is 3.86. The number of hydrogen-bond donors (Lipinski definition) is 1. The van der Waals surface area contributed by atoms with Crippen LogP contribution in [-0.2, 0) is 66.7 Å². The van der Waals surface area contributed by atoms with Gasteiger partial charge in [-0.2, -0.15) is 4.98 Å². The summed E-state index contributed by atoms with van der Waals surface area (Å²) in [5.41, 5.74) is -0.0257. The van der Waals surface area contributed by atoms with Gasteiger partial charge in [-0.3, -0.25) is 42.3 Å². The first kappa shape index (κ1) is 39.2. The summed E-state index contributed by atoms with van der Waals surface area (Å²) in [6.45, 7) is 6.34. The Kier molecular flexibility index (Phi) is 11.3. The van der Waals surface area contributed by atoms with Crippen LogP contribution in [0, 0.1) is 0 Å². The van der Waals surface area contributed by atoms with E-state index in [1.54, 1.807) is 10.6 Å². The molecule has 23 nitrogen and oxygen atoms in total. The van der Waals surface area contributed by atoms with Gasteiger partial charge in [0.15, 0.2) is 59.5 Å². The molecule has 0 unspecified atom stereocenters. The van der Waals surface area contributed by atoms with Crippen molar-refractivity contribution in [2.24, 2.45) is 0 Å². The van der Waals surface area contributed by atoms with Crippen molar-refractivity contribution in [2.45, 2.75) is 90.6 Å². The number of rotatable bonds is 12. The van der Waals surface area contributed by atoms with Crippen LogP contribution >= 0.6 is 0 Å². The van der Waals surface area contributed by atoms with E-state index < -0.39 is 90.6 Å². The lowest BCUT2D eigenvalue weighted by Crippen LogP contribution is -2.41. The fourth-order valence-corrected chi connectivity index (χ4v) is 6.30. The third-order valence-electron chi connectivity index (χ3n) is 8.33. The molecule has 4 aromatic rings. The number of carbonyl (C=O) groups excluding carboxylic acids is 6. The number of hydrogen-bond acceptors (Lipinski definition) is 20. The van der Waals surface area contributed by atoms with E-state index in [9.17, 15) is 33.6 Å². The molecule has 0 amide bonds. The van der Waals surface area contributed by atoms with Crippen LogP contribution in [0.25, 0.3) is 16.8 Å². The molecule has 6 rings (SSSR count). The number of ether oxygens (including phenoxy) is 8. The molecule has 298 valence electrons. The van der Waals surface area contributed by atoms with Crippen molar-refractivity contribution in [3.63, 3.8) is 0 Å². The van der Waals surface area contributed by atoms with Crippen molar-refractivity contribution in [3.05, 3.63) is 41.6 Å². The van der Waals surface area contributed by atoms with Gasteiger partial charge in [0, 0.05) is 47.7 Å². The number of carbonyl (C=O) groups is 6. The van der Waals surface area contributed by atoms with Crippen LogP contribution in [-0.4, -0.2) is 119 Å². The molecule has 6 heterocycles. The van der Waals surface area contributed by atoms with Crippen LogP contribution < -0.4 is 11.0 Å². The van der Waals surface area contributed by atoms with Crippen molar-refractivity contribution >= 4 is 64.3 Å². The van der Waals surface area contributed by atoms with Gasteiger partial charge < -0.3 is 43.2 Å². The Hall–Kier alpha value is -6.49. The lowest BCUT2D eigenvalue weighted by Gasteiger charge is -2.23. The molecule has 0 saturated carbocycles. The smallest absolute Gasteiger partial charge is 0.351 e. The minimum absolute atomic E-state index is 0.0540. The Balaban J connectivity index is 1.26. The highest BCUT2D eigenvalue weighted by Gasteiger charge is 2.52. The molecule has 23 heteroatoms. The molecular formula is C33H36N8O15. The predicted octanol–water partition coefficient (Wildman–Crippen LogP) is 0.0271. The van der Waals surface area contributed by atoms with E-state index >= 15 is 0 Å². The van der Waals surface area contributed by atoms with E-state index in [1.165, 1.54) is 57.2 Å². The van der Waals surface area contributed by atoms with Crippen LogP contribution in [0.4, 0.5) is 11.6 Å². The Labute approximate surface area is 315 Å². The zero-order valence-corrected chi connectivity index (χ0v) is 30.7. The van der Waals surface area contributed by atoms with E-state index in [0.717, 1.165) is 18.4 Å². The summed E-state index contributed by atoms with van der Waals surface area (Å²) in [6, 6.07) is 1.42. The summed E-state index contributed by atoms with van der Waals surface area (Å²) in [7, 11) is 0. The van der Waals surface area contributed by atoms with Crippen molar-refractivity contribution in [1.82, 2.24) is 33.5 Å². The minimum Gasteiger partial charge on any atom is -0.463 e. The quantitative estimate of drug-likeness (QED) is 0.147. The number of fused-ring (bicyclic) bond motifs is 3. The first-order chi connectivity index (χ1) is 26.6. The Morgan fingerprint density at radius 3 is 1.66 bits per heavy atom. The number of nitrogens with one attached hydrogen (secondary N) is 1. The number of imidazole rings is 2. The highest BCUT2D eigenvalue weighted by atomic mass is 16.7. The zero-order chi connectivity index (χ0) is 40.4. The maximum Gasteiger partial charge on any atom is 0.351 e. The largest absolute Gasteiger partial charge is 0.463 e. The molecule has 2 fully saturated rings. The second kappa shape index (κ2) is 16.1. The van der Waals surface area contributed by atoms with Crippen molar-refractivity contribution in [3.8, 4) is 0 Å². The van der Waals surface area contributed by atoms with Crippen molar-refractivity contribution in [2.75, 3.05) is 18.5 Å². The fourth-order valence-electron chi connectivity index (χ4n) is 6.30. The first-order valence-corrected chi connectivity index (χ1v) is 16.9. The summed E-state index contributed by atoms with van der Waals surface area (Å²) in [6.07, 6.45) is -3.69. The molecule has 2 saturated heterocycles. The van der Waals surface area contributed by atoms with Gasteiger partial charge in [-0.25, -0.2) is 19.7 Å². The van der Waals surface area contributed by atoms with Crippen molar-refractivity contribution < 1.29 is 66.7 Å². The Bertz CT molecular complexity index is 2250. The van der Waals surface area contributed by atoms with Gasteiger partial charge in [0.05, 0.1) is 12.5 Å². The first-order valence-electron chi connectivity index (χ1n) is 16.9. The van der Waals surface area contributed by atoms with Gasteiger partial charge in [0.1, 0.15) is 37.6 Å². The number of nitrogens with zero attached hydrogens (tertiary/aromatic N) is 7. The Morgan fingerprint density at radius 1 is 0.643 bits per heavy atom. The lowest BCUT2D eigenvalue weighted by atomic mass is 10.1. The summed E-state index contributed by atoms with van der Waals surface area (Å²) in [5.74, 6) is -3.80. The summed E-state index contributed by atoms with van der Waals surface area (Å²) < 4.78 is 48.0. The van der Waals surface area contributed by atoms with E-state index in [-0.39, 0.29) is 36.0 Å². The van der Waals surface area contributed by atoms with Crippen LogP contribution in [0.15, 0.2) is 35.9 Å². The molecule has 2 aliphatic heterocycles. The SMILES string of the molecule is CC(=O)OC[C@H]1O[C@@H](n2ccc(Nc3cn4cnc5c(ncn5[C@@H]5O[C@H](COC(C)=O)[C@@H](OC(C)=O)[C@H]5OC(C)=O)c4n3)nc2=O)[C@H](OC(C)=O)[C@@H]1OC(C)=O. The van der Waals surface area contributed by atoms with E-state index in [4.69, 9.17) is 37.9 Å². The fraction of sp³-hybridized carbons (Fsp3) is 0.485. The second-order valence-corrected chi connectivity index (χ2v) is 12.6. The summed E-state index contributed by atoms with van der Waals surface area (Å²) >= 11 is 0. The average molecular weight is 785 g/mol.